The average molecular weight is 271 g/mol. The van der Waals surface area contributed by atoms with E-state index in [9.17, 15) is 0 Å². The molecule has 0 aromatic heterocycles. The average Bonchev–Trinajstić information content (AvgIpc) is 2.12. The van der Waals surface area contributed by atoms with Gasteiger partial charge in [0.05, 0.1) is 0 Å². The number of hydrogen-bond acceptors (Lipinski definition) is 2. The molecule has 1 aromatic rings. The van der Waals surface area contributed by atoms with E-state index >= 15 is 0 Å². The van der Waals surface area contributed by atoms with E-state index in [2.05, 4.69) is 60.2 Å². The Balaban J connectivity index is 2.79. The molecule has 0 saturated carbocycles. The topological polar surface area (TPSA) is 38.0 Å². The fourth-order valence-corrected chi connectivity index (χ4v) is 2.14. The van der Waals surface area contributed by atoms with Gasteiger partial charge >= 0.3 is 0 Å². The van der Waals surface area contributed by atoms with Gasteiger partial charge in [0.1, 0.15) is 0 Å². The Hall–Kier alpha value is -0.540. The predicted octanol–water partition coefficient (Wildman–Crippen LogP) is 3.15. The normalized spacial score (nSPS) is 12.9. The highest BCUT2D eigenvalue weighted by atomic mass is 79.9. The van der Waals surface area contributed by atoms with Gasteiger partial charge in [0.25, 0.3) is 0 Å². The Labute approximate surface area is 100 Å². The quantitative estimate of drug-likeness (QED) is 0.882. The molecule has 84 valence electrons. The minimum atomic E-state index is 0.332. The van der Waals surface area contributed by atoms with Crippen LogP contribution >= 0.6 is 15.9 Å². The molecule has 3 heteroatoms. The summed E-state index contributed by atoms with van der Waals surface area (Å²) in [6, 6.07) is 6.64. The van der Waals surface area contributed by atoms with Crippen LogP contribution < -0.4 is 11.1 Å². The standard InChI is InChI=1S/C12H19BrN2/c1-8(2)12(7-14)15-11-5-9(3)4-10(13)6-11/h4-6,8,12,15H,7,14H2,1-3H3. The summed E-state index contributed by atoms with van der Waals surface area (Å²) in [6.07, 6.45) is 0. The summed E-state index contributed by atoms with van der Waals surface area (Å²) in [5.74, 6) is 0.536. The molecular weight excluding hydrogens is 252 g/mol. The summed E-state index contributed by atoms with van der Waals surface area (Å²) >= 11 is 3.49. The Morgan fingerprint density at radius 1 is 1.33 bits per heavy atom. The second-order valence-corrected chi connectivity index (χ2v) is 5.16. The summed E-state index contributed by atoms with van der Waals surface area (Å²) in [4.78, 5) is 0. The summed E-state index contributed by atoms with van der Waals surface area (Å²) in [7, 11) is 0. The number of nitrogens with one attached hydrogen (secondary N) is 1. The SMILES string of the molecule is Cc1cc(Br)cc(NC(CN)C(C)C)c1. The van der Waals surface area contributed by atoms with E-state index in [0.717, 1.165) is 10.2 Å². The van der Waals surface area contributed by atoms with Crippen molar-refractivity contribution in [2.24, 2.45) is 11.7 Å². The third-order valence-electron chi connectivity index (χ3n) is 2.45. The van der Waals surface area contributed by atoms with E-state index in [0.29, 0.717) is 18.5 Å². The first-order valence-electron chi connectivity index (χ1n) is 5.26. The Morgan fingerprint density at radius 3 is 2.47 bits per heavy atom. The van der Waals surface area contributed by atoms with Gasteiger partial charge in [-0.2, -0.15) is 0 Å². The zero-order chi connectivity index (χ0) is 11.4. The van der Waals surface area contributed by atoms with Gasteiger partial charge in [-0.15, -0.1) is 0 Å². The highest BCUT2D eigenvalue weighted by molar-refractivity contribution is 9.10. The van der Waals surface area contributed by atoms with Gasteiger partial charge in [-0.3, -0.25) is 0 Å². The van der Waals surface area contributed by atoms with Crippen molar-refractivity contribution in [3.8, 4) is 0 Å². The van der Waals surface area contributed by atoms with Crippen LogP contribution in [0.5, 0.6) is 0 Å². The largest absolute Gasteiger partial charge is 0.381 e. The van der Waals surface area contributed by atoms with Crippen molar-refractivity contribution in [1.29, 1.82) is 0 Å². The Kier molecular flexibility index (Phi) is 4.61. The first kappa shape index (κ1) is 12.5. The van der Waals surface area contributed by atoms with E-state index in [-0.39, 0.29) is 0 Å². The lowest BCUT2D eigenvalue weighted by molar-refractivity contribution is 0.531. The first-order chi connectivity index (χ1) is 7.02. The number of nitrogens with two attached hydrogens (primary N) is 1. The van der Waals surface area contributed by atoms with Crippen LogP contribution in [-0.2, 0) is 0 Å². The van der Waals surface area contributed by atoms with Crippen molar-refractivity contribution in [3.05, 3.63) is 28.2 Å². The molecule has 0 saturated heterocycles. The zero-order valence-electron chi connectivity index (χ0n) is 9.55. The fourth-order valence-electron chi connectivity index (χ4n) is 1.53. The van der Waals surface area contributed by atoms with Crippen LogP contribution in [0.3, 0.4) is 0 Å². The second-order valence-electron chi connectivity index (χ2n) is 4.25. The molecule has 0 fully saturated rings. The van der Waals surface area contributed by atoms with Gasteiger partial charge in [-0.05, 0) is 36.6 Å². The second kappa shape index (κ2) is 5.52. The van der Waals surface area contributed by atoms with Crippen molar-refractivity contribution in [2.75, 3.05) is 11.9 Å². The highest BCUT2D eigenvalue weighted by Gasteiger charge is 2.10. The van der Waals surface area contributed by atoms with Gasteiger partial charge in [0, 0.05) is 22.7 Å². The van der Waals surface area contributed by atoms with Gasteiger partial charge in [0.2, 0.25) is 0 Å². The summed E-state index contributed by atoms with van der Waals surface area (Å²) < 4.78 is 1.10. The molecule has 1 atom stereocenters. The molecule has 2 nitrogen and oxygen atoms in total. The molecule has 15 heavy (non-hydrogen) atoms. The minimum absolute atomic E-state index is 0.332. The summed E-state index contributed by atoms with van der Waals surface area (Å²) in [5.41, 5.74) is 8.10. The third-order valence-corrected chi connectivity index (χ3v) is 2.91. The molecule has 0 heterocycles. The number of rotatable bonds is 4. The molecule has 0 aliphatic heterocycles. The van der Waals surface area contributed by atoms with Crippen LogP contribution in [0.2, 0.25) is 0 Å². The number of hydrogen-bond donors (Lipinski definition) is 2. The highest BCUT2D eigenvalue weighted by Crippen LogP contribution is 2.20. The molecule has 0 bridgehead atoms. The van der Waals surface area contributed by atoms with Gasteiger partial charge in [0.15, 0.2) is 0 Å². The van der Waals surface area contributed by atoms with Gasteiger partial charge in [-0.1, -0.05) is 29.8 Å². The predicted molar refractivity (Wildman–Crippen MR) is 70.2 cm³/mol. The molecule has 1 unspecified atom stereocenters. The fraction of sp³-hybridized carbons (Fsp3) is 0.500. The van der Waals surface area contributed by atoms with Crippen LogP contribution in [0, 0.1) is 12.8 Å². The number of aryl methyl sites for hydroxylation is 1. The number of anilines is 1. The molecule has 1 rings (SSSR count). The summed E-state index contributed by atoms with van der Waals surface area (Å²) in [5, 5.41) is 3.45. The smallest absolute Gasteiger partial charge is 0.0406 e. The molecule has 0 radical (unpaired) electrons. The molecule has 0 aliphatic carbocycles. The van der Waals surface area contributed by atoms with E-state index in [1.165, 1.54) is 5.56 Å². The minimum Gasteiger partial charge on any atom is -0.381 e. The summed E-state index contributed by atoms with van der Waals surface area (Å²) in [6.45, 7) is 7.09. The molecule has 0 spiro atoms. The van der Waals surface area contributed by atoms with Crippen LogP contribution in [0.1, 0.15) is 19.4 Å². The van der Waals surface area contributed by atoms with Crippen molar-refractivity contribution < 1.29 is 0 Å². The maximum atomic E-state index is 5.72. The molecule has 3 N–H and O–H groups in total. The van der Waals surface area contributed by atoms with E-state index in [4.69, 9.17) is 5.73 Å². The van der Waals surface area contributed by atoms with Crippen molar-refractivity contribution in [3.63, 3.8) is 0 Å². The molecule has 0 amide bonds. The lowest BCUT2D eigenvalue weighted by Crippen LogP contribution is -2.33. The van der Waals surface area contributed by atoms with Crippen LogP contribution in [0.15, 0.2) is 22.7 Å². The Bertz CT molecular complexity index is 303. The van der Waals surface area contributed by atoms with Gasteiger partial charge in [-0.25, -0.2) is 0 Å². The lowest BCUT2D eigenvalue weighted by atomic mass is 10.0. The zero-order valence-corrected chi connectivity index (χ0v) is 11.1. The first-order valence-corrected chi connectivity index (χ1v) is 6.06. The van der Waals surface area contributed by atoms with Crippen LogP contribution in [0.4, 0.5) is 5.69 Å². The van der Waals surface area contributed by atoms with E-state index < -0.39 is 0 Å². The number of benzene rings is 1. The monoisotopic (exact) mass is 270 g/mol. The van der Waals surface area contributed by atoms with Crippen molar-refractivity contribution >= 4 is 21.6 Å². The van der Waals surface area contributed by atoms with Gasteiger partial charge < -0.3 is 11.1 Å². The van der Waals surface area contributed by atoms with Crippen LogP contribution in [-0.4, -0.2) is 12.6 Å². The van der Waals surface area contributed by atoms with Crippen molar-refractivity contribution in [2.45, 2.75) is 26.8 Å². The maximum Gasteiger partial charge on any atom is 0.0406 e. The Morgan fingerprint density at radius 2 is 2.00 bits per heavy atom. The third kappa shape index (κ3) is 3.84. The van der Waals surface area contributed by atoms with E-state index in [1.807, 2.05) is 0 Å². The van der Waals surface area contributed by atoms with Crippen molar-refractivity contribution in [1.82, 2.24) is 0 Å². The lowest BCUT2D eigenvalue weighted by Gasteiger charge is -2.22. The molecular formula is C12H19BrN2. The molecule has 1 aromatic carbocycles. The number of halogens is 1. The van der Waals surface area contributed by atoms with E-state index in [1.54, 1.807) is 0 Å². The maximum absolute atomic E-state index is 5.72. The molecule has 0 aliphatic rings. The van der Waals surface area contributed by atoms with Crippen LogP contribution in [0.25, 0.3) is 0 Å².